The van der Waals surface area contributed by atoms with E-state index in [9.17, 15) is 8.78 Å². The summed E-state index contributed by atoms with van der Waals surface area (Å²) in [5, 5.41) is 3.36. The molecule has 2 heterocycles. The van der Waals surface area contributed by atoms with Crippen molar-refractivity contribution in [3.8, 4) is 22.5 Å². The zero-order valence-electron chi connectivity index (χ0n) is 13.8. The normalized spacial score (nSPS) is 16.2. The fourth-order valence-corrected chi connectivity index (χ4v) is 3.04. The quantitative estimate of drug-likeness (QED) is 0.727. The van der Waals surface area contributed by atoms with Gasteiger partial charge in [-0.2, -0.15) is 0 Å². The molecule has 1 aromatic heterocycles. The van der Waals surface area contributed by atoms with E-state index in [0.29, 0.717) is 17.4 Å². The Kier molecular flexibility index (Phi) is 3.92. The van der Waals surface area contributed by atoms with Gasteiger partial charge in [0.1, 0.15) is 17.5 Å². The number of hydrogen-bond acceptors (Lipinski definition) is 3. The molecule has 0 bridgehead atoms. The van der Waals surface area contributed by atoms with Gasteiger partial charge in [0, 0.05) is 17.2 Å². The first-order valence-electron chi connectivity index (χ1n) is 8.29. The van der Waals surface area contributed by atoms with Gasteiger partial charge in [0.05, 0.1) is 17.1 Å². The molecule has 0 amide bonds. The Bertz CT molecular complexity index is 905. The predicted molar refractivity (Wildman–Crippen MR) is 94.2 cm³/mol. The average molecular weight is 337 g/mol. The van der Waals surface area contributed by atoms with E-state index in [1.54, 1.807) is 24.3 Å². The second-order valence-corrected chi connectivity index (χ2v) is 6.31. The van der Waals surface area contributed by atoms with Crippen molar-refractivity contribution >= 4 is 5.82 Å². The third-order valence-corrected chi connectivity index (χ3v) is 4.40. The highest BCUT2D eigenvalue weighted by Crippen LogP contribution is 2.33. The highest BCUT2D eigenvalue weighted by molar-refractivity contribution is 5.79. The summed E-state index contributed by atoms with van der Waals surface area (Å²) < 4.78 is 26.6. The van der Waals surface area contributed by atoms with E-state index in [1.807, 2.05) is 0 Å². The fraction of sp³-hybridized carbons (Fsp3) is 0.200. The van der Waals surface area contributed by atoms with E-state index < -0.39 is 0 Å². The van der Waals surface area contributed by atoms with E-state index in [2.05, 4.69) is 12.2 Å². The lowest BCUT2D eigenvalue weighted by atomic mass is 10.0. The maximum atomic E-state index is 13.3. The van der Waals surface area contributed by atoms with Gasteiger partial charge in [-0.15, -0.1) is 0 Å². The number of anilines is 1. The van der Waals surface area contributed by atoms with Gasteiger partial charge in [-0.3, -0.25) is 0 Å². The molecule has 1 aliphatic rings. The molecule has 3 aromatic rings. The zero-order chi connectivity index (χ0) is 17.4. The van der Waals surface area contributed by atoms with Gasteiger partial charge >= 0.3 is 0 Å². The van der Waals surface area contributed by atoms with Crippen molar-refractivity contribution < 1.29 is 8.78 Å². The summed E-state index contributed by atoms with van der Waals surface area (Å²) in [6, 6.07) is 12.7. The van der Waals surface area contributed by atoms with Crippen LogP contribution >= 0.6 is 0 Å². The summed E-state index contributed by atoms with van der Waals surface area (Å²) in [5.41, 5.74) is 3.81. The molecule has 1 unspecified atom stereocenters. The van der Waals surface area contributed by atoms with Gasteiger partial charge < -0.3 is 5.32 Å². The van der Waals surface area contributed by atoms with Crippen molar-refractivity contribution in [3.63, 3.8) is 0 Å². The Hall–Kier alpha value is -2.82. The maximum absolute atomic E-state index is 13.3. The third kappa shape index (κ3) is 3.09. The summed E-state index contributed by atoms with van der Waals surface area (Å²) in [6.07, 6.45) is 1.83. The van der Waals surface area contributed by atoms with E-state index in [1.165, 1.54) is 24.3 Å². The number of nitrogens with zero attached hydrogens (tertiary/aromatic N) is 2. The molecule has 0 saturated carbocycles. The summed E-state index contributed by atoms with van der Waals surface area (Å²) in [5.74, 6) is 0.169. The molecule has 1 N–H and O–H groups in total. The van der Waals surface area contributed by atoms with Crippen LogP contribution in [-0.4, -0.2) is 16.0 Å². The number of aromatic nitrogens is 2. The van der Waals surface area contributed by atoms with Crippen molar-refractivity contribution in [1.82, 2.24) is 9.97 Å². The highest BCUT2D eigenvalue weighted by Gasteiger charge is 2.21. The first-order valence-corrected chi connectivity index (χ1v) is 8.29. The van der Waals surface area contributed by atoms with Crippen molar-refractivity contribution in [1.29, 1.82) is 0 Å². The molecule has 0 fully saturated rings. The number of benzene rings is 2. The lowest BCUT2D eigenvalue weighted by Gasteiger charge is -2.24. The molecule has 1 aliphatic heterocycles. The van der Waals surface area contributed by atoms with Crippen LogP contribution in [0, 0.1) is 11.6 Å². The minimum absolute atomic E-state index is 0.298. The van der Waals surface area contributed by atoms with Gasteiger partial charge in [0.25, 0.3) is 0 Å². The third-order valence-electron chi connectivity index (χ3n) is 4.40. The van der Waals surface area contributed by atoms with Gasteiger partial charge in [-0.25, -0.2) is 18.7 Å². The molecule has 5 heteroatoms. The van der Waals surface area contributed by atoms with Crippen LogP contribution in [0.25, 0.3) is 22.5 Å². The second kappa shape index (κ2) is 6.24. The van der Waals surface area contributed by atoms with Crippen molar-refractivity contribution in [2.24, 2.45) is 0 Å². The van der Waals surface area contributed by atoms with Gasteiger partial charge in [0.2, 0.25) is 0 Å². The molecule has 0 aliphatic carbocycles. The number of fused-ring (bicyclic) bond motifs is 1. The van der Waals surface area contributed by atoms with Crippen molar-refractivity contribution in [3.05, 3.63) is 65.9 Å². The average Bonchev–Trinajstić information content (AvgIpc) is 2.62. The summed E-state index contributed by atoms with van der Waals surface area (Å²) >= 11 is 0. The number of aryl methyl sites for hydroxylation is 1. The molecule has 2 aromatic carbocycles. The van der Waals surface area contributed by atoms with Crippen LogP contribution in [0.5, 0.6) is 0 Å². The van der Waals surface area contributed by atoms with Crippen LogP contribution in [-0.2, 0) is 6.42 Å². The van der Waals surface area contributed by atoms with Crippen LogP contribution in [0.3, 0.4) is 0 Å². The van der Waals surface area contributed by atoms with Crippen LogP contribution in [0.4, 0.5) is 14.6 Å². The Morgan fingerprint density at radius 1 is 0.840 bits per heavy atom. The van der Waals surface area contributed by atoms with Gasteiger partial charge in [0.15, 0.2) is 0 Å². The summed E-state index contributed by atoms with van der Waals surface area (Å²) in [4.78, 5) is 9.58. The maximum Gasteiger partial charge on any atom is 0.148 e. The number of rotatable bonds is 2. The van der Waals surface area contributed by atoms with E-state index >= 15 is 0 Å². The minimum Gasteiger partial charge on any atom is -0.366 e. The Morgan fingerprint density at radius 3 is 1.92 bits per heavy atom. The standard InChI is InChI=1S/C20H17F2N3/c1-12-2-11-17-20(23-12)25-19(14-5-9-16(22)10-6-14)18(24-17)13-3-7-15(21)8-4-13/h3-10,12H,2,11H2,1H3,(H,23,25). The molecule has 1 atom stereocenters. The van der Waals surface area contributed by atoms with Crippen molar-refractivity contribution in [2.45, 2.75) is 25.8 Å². The summed E-state index contributed by atoms with van der Waals surface area (Å²) in [6.45, 7) is 2.11. The predicted octanol–water partition coefficient (Wildman–Crippen LogP) is 4.84. The molecular formula is C20H17F2N3. The van der Waals surface area contributed by atoms with Crippen LogP contribution in [0.15, 0.2) is 48.5 Å². The summed E-state index contributed by atoms with van der Waals surface area (Å²) in [7, 11) is 0. The first kappa shape index (κ1) is 15.7. The molecule has 0 saturated heterocycles. The minimum atomic E-state index is -0.301. The van der Waals surface area contributed by atoms with E-state index in [0.717, 1.165) is 35.5 Å². The smallest absolute Gasteiger partial charge is 0.148 e. The van der Waals surface area contributed by atoms with Crippen LogP contribution in [0.1, 0.15) is 19.0 Å². The lowest BCUT2D eigenvalue weighted by molar-refractivity contribution is 0.627. The SMILES string of the molecule is CC1CCc2nc(-c3ccc(F)cc3)c(-c3ccc(F)cc3)nc2N1. The van der Waals surface area contributed by atoms with Gasteiger partial charge in [-0.1, -0.05) is 0 Å². The number of nitrogens with one attached hydrogen (secondary N) is 1. The van der Waals surface area contributed by atoms with Crippen LogP contribution < -0.4 is 5.32 Å². The molecule has 0 spiro atoms. The molecule has 25 heavy (non-hydrogen) atoms. The van der Waals surface area contributed by atoms with E-state index in [-0.39, 0.29) is 11.6 Å². The molecular weight excluding hydrogens is 320 g/mol. The molecule has 4 rings (SSSR count). The number of hydrogen-bond donors (Lipinski definition) is 1. The molecule has 3 nitrogen and oxygen atoms in total. The Morgan fingerprint density at radius 2 is 1.36 bits per heavy atom. The Balaban J connectivity index is 1.91. The van der Waals surface area contributed by atoms with Gasteiger partial charge in [-0.05, 0) is 68.3 Å². The molecule has 0 radical (unpaired) electrons. The lowest BCUT2D eigenvalue weighted by Crippen LogP contribution is -2.24. The van der Waals surface area contributed by atoms with E-state index in [4.69, 9.17) is 9.97 Å². The first-order chi connectivity index (χ1) is 12.1. The monoisotopic (exact) mass is 337 g/mol. The highest BCUT2D eigenvalue weighted by atomic mass is 19.1. The Labute approximate surface area is 144 Å². The largest absolute Gasteiger partial charge is 0.366 e. The topological polar surface area (TPSA) is 37.8 Å². The second-order valence-electron chi connectivity index (χ2n) is 6.31. The van der Waals surface area contributed by atoms with Crippen molar-refractivity contribution in [2.75, 3.05) is 5.32 Å². The fourth-order valence-electron chi connectivity index (χ4n) is 3.04. The molecule has 126 valence electrons. The zero-order valence-corrected chi connectivity index (χ0v) is 13.8. The number of halogens is 2. The van der Waals surface area contributed by atoms with Crippen LogP contribution in [0.2, 0.25) is 0 Å².